The van der Waals surface area contributed by atoms with Crippen LogP contribution in [0.4, 0.5) is 0 Å². The lowest BCUT2D eigenvalue weighted by Crippen LogP contribution is -2.33. The SMILES string of the molecule is CC(O)C(C)(O)c1cccs1. The third-order valence-corrected chi connectivity index (χ3v) is 2.93. The van der Waals surface area contributed by atoms with E-state index in [9.17, 15) is 10.2 Å². The first-order valence-corrected chi connectivity index (χ1v) is 4.37. The van der Waals surface area contributed by atoms with Crippen LogP contribution in [0.15, 0.2) is 17.5 Å². The van der Waals surface area contributed by atoms with E-state index in [0.29, 0.717) is 0 Å². The van der Waals surface area contributed by atoms with E-state index in [2.05, 4.69) is 0 Å². The lowest BCUT2D eigenvalue weighted by molar-refractivity contribution is -0.0543. The first-order chi connectivity index (χ1) is 5.05. The molecule has 1 aromatic heterocycles. The summed E-state index contributed by atoms with van der Waals surface area (Å²) in [6.07, 6.45) is -0.735. The molecule has 0 saturated heterocycles. The van der Waals surface area contributed by atoms with Gasteiger partial charge in [0.2, 0.25) is 0 Å². The van der Waals surface area contributed by atoms with Crippen LogP contribution in [0.5, 0.6) is 0 Å². The van der Waals surface area contributed by atoms with E-state index in [1.165, 1.54) is 11.3 Å². The van der Waals surface area contributed by atoms with Crippen molar-refractivity contribution in [1.82, 2.24) is 0 Å². The molecule has 0 aliphatic rings. The van der Waals surface area contributed by atoms with Crippen molar-refractivity contribution in [1.29, 1.82) is 0 Å². The van der Waals surface area contributed by atoms with E-state index in [4.69, 9.17) is 0 Å². The Balaban J connectivity index is 2.90. The molecule has 3 heteroatoms. The highest BCUT2D eigenvalue weighted by Crippen LogP contribution is 2.27. The minimum Gasteiger partial charge on any atom is -0.390 e. The molecule has 0 aliphatic carbocycles. The van der Waals surface area contributed by atoms with E-state index in [1.54, 1.807) is 13.8 Å². The van der Waals surface area contributed by atoms with Gasteiger partial charge in [0.1, 0.15) is 5.60 Å². The van der Waals surface area contributed by atoms with Crippen LogP contribution in [-0.4, -0.2) is 16.3 Å². The molecule has 62 valence electrons. The van der Waals surface area contributed by atoms with Crippen LogP contribution in [0.1, 0.15) is 18.7 Å². The van der Waals surface area contributed by atoms with Crippen molar-refractivity contribution in [2.45, 2.75) is 25.6 Å². The molecule has 0 aromatic carbocycles. The molecule has 2 atom stereocenters. The Morgan fingerprint density at radius 1 is 1.64 bits per heavy atom. The summed E-state index contributed by atoms with van der Waals surface area (Å²) >= 11 is 1.45. The van der Waals surface area contributed by atoms with E-state index in [0.717, 1.165) is 4.88 Å². The van der Waals surface area contributed by atoms with Crippen molar-refractivity contribution >= 4 is 11.3 Å². The van der Waals surface area contributed by atoms with Gasteiger partial charge < -0.3 is 10.2 Å². The molecule has 0 amide bonds. The Hall–Kier alpha value is -0.380. The highest BCUT2D eigenvalue weighted by molar-refractivity contribution is 7.10. The number of rotatable bonds is 2. The summed E-state index contributed by atoms with van der Waals surface area (Å²) in [7, 11) is 0. The summed E-state index contributed by atoms with van der Waals surface area (Å²) < 4.78 is 0. The van der Waals surface area contributed by atoms with Gasteiger partial charge >= 0.3 is 0 Å². The minimum atomic E-state index is -1.10. The van der Waals surface area contributed by atoms with Crippen molar-refractivity contribution in [3.8, 4) is 0 Å². The molecule has 1 aromatic rings. The number of aliphatic hydroxyl groups excluding tert-OH is 1. The van der Waals surface area contributed by atoms with Crippen LogP contribution in [-0.2, 0) is 5.60 Å². The lowest BCUT2D eigenvalue weighted by atomic mass is 9.99. The Kier molecular flexibility index (Phi) is 2.32. The van der Waals surface area contributed by atoms with Gasteiger partial charge in [-0.25, -0.2) is 0 Å². The summed E-state index contributed by atoms with van der Waals surface area (Å²) in [6, 6.07) is 3.67. The predicted molar refractivity (Wildman–Crippen MR) is 45.6 cm³/mol. The summed E-state index contributed by atoms with van der Waals surface area (Å²) in [4.78, 5) is 0.799. The summed E-state index contributed by atoms with van der Waals surface area (Å²) in [5.74, 6) is 0. The third kappa shape index (κ3) is 1.61. The molecular formula is C8H12O2S. The molecule has 0 bridgehead atoms. The zero-order valence-electron chi connectivity index (χ0n) is 6.61. The van der Waals surface area contributed by atoms with Crippen LogP contribution in [0.3, 0.4) is 0 Å². The van der Waals surface area contributed by atoms with Gasteiger partial charge in [-0.3, -0.25) is 0 Å². The fourth-order valence-corrected chi connectivity index (χ4v) is 1.64. The fourth-order valence-electron chi connectivity index (χ4n) is 0.772. The number of hydrogen-bond donors (Lipinski definition) is 2. The second-order valence-electron chi connectivity index (χ2n) is 2.80. The number of hydrogen-bond acceptors (Lipinski definition) is 3. The monoisotopic (exact) mass is 172 g/mol. The second-order valence-corrected chi connectivity index (χ2v) is 3.75. The average molecular weight is 172 g/mol. The summed E-state index contributed by atoms with van der Waals surface area (Å²) in [6.45, 7) is 3.20. The molecule has 0 saturated carbocycles. The molecule has 2 N–H and O–H groups in total. The van der Waals surface area contributed by atoms with E-state index in [-0.39, 0.29) is 0 Å². The summed E-state index contributed by atoms with van der Waals surface area (Å²) in [5.41, 5.74) is -1.10. The van der Waals surface area contributed by atoms with Gasteiger partial charge in [0, 0.05) is 4.88 Å². The van der Waals surface area contributed by atoms with Crippen LogP contribution in [0.25, 0.3) is 0 Å². The maximum absolute atomic E-state index is 9.71. The maximum Gasteiger partial charge on any atom is 0.121 e. The fraction of sp³-hybridized carbons (Fsp3) is 0.500. The second kappa shape index (κ2) is 2.93. The van der Waals surface area contributed by atoms with Gasteiger partial charge in [-0.2, -0.15) is 0 Å². The van der Waals surface area contributed by atoms with Crippen molar-refractivity contribution in [2.24, 2.45) is 0 Å². The van der Waals surface area contributed by atoms with Crippen molar-refractivity contribution in [3.05, 3.63) is 22.4 Å². The smallest absolute Gasteiger partial charge is 0.121 e. The van der Waals surface area contributed by atoms with Gasteiger partial charge in [0.25, 0.3) is 0 Å². The zero-order chi connectivity index (χ0) is 8.48. The molecule has 0 fully saturated rings. The largest absolute Gasteiger partial charge is 0.390 e. The molecule has 2 unspecified atom stereocenters. The first-order valence-electron chi connectivity index (χ1n) is 3.49. The molecule has 0 aliphatic heterocycles. The maximum atomic E-state index is 9.71. The van der Waals surface area contributed by atoms with E-state index >= 15 is 0 Å². The topological polar surface area (TPSA) is 40.5 Å². The van der Waals surface area contributed by atoms with Crippen LogP contribution in [0, 0.1) is 0 Å². The standard InChI is InChI=1S/C8H12O2S/c1-6(9)8(2,10)7-4-3-5-11-7/h3-6,9-10H,1-2H3. The summed E-state index contributed by atoms with van der Waals surface area (Å²) in [5, 5.41) is 20.8. The molecular weight excluding hydrogens is 160 g/mol. The van der Waals surface area contributed by atoms with Gasteiger partial charge in [-0.1, -0.05) is 6.07 Å². The van der Waals surface area contributed by atoms with Crippen LogP contribution in [0.2, 0.25) is 0 Å². The third-order valence-electron chi connectivity index (χ3n) is 1.83. The normalized spacial score (nSPS) is 19.3. The van der Waals surface area contributed by atoms with Crippen LogP contribution < -0.4 is 0 Å². The molecule has 1 heterocycles. The Bertz CT molecular complexity index is 214. The van der Waals surface area contributed by atoms with E-state index in [1.807, 2.05) is 17.5 Å². The first kappa shape index (κ1) is 8.71. The predicted octanol–water partition coefficient (Wildman–Crippen LogP) is 1.34. The number of thiophene rings is 1. The Labute approximate surface area is 70.1 Å². The Morgan fingerprint density at radius 2 is 2.27 bits per heavy atom. The highest BCUT2D eigenvalue weighted by Gasteiger charge is 2.29. The van der Waals surface area contributed by atoms with Crippen molar-refractivity contribution in [2.75, 3.05) is 0 Å². The van der Waals surface area contributed by atoms with Gasteiger partial charge in [0.15, 0.2) is 0 Å². The molecule has 0 spiro atoms. The van der Waals surface area contributed by atoms with Crippen molar-refractivity contribution in [3.63, 3.8) is 0 Å². The minimum absolute atomic E-state index is 0.735. The van der Waals surface area contributed by atoms with Gasteiger partial charge in [-0.05, 0) is 25.3 Å². The highest BCUT2D eigenvalue weighted by atomic mass is 32.1. The van der Waals surface area contributed by atoms with Crippen molar-refractivity contribution < 1.29 is 10.2 Å². The molecule has 0 radical (unpaired) electrons. The lowest BCUT2D eigenvalue weighted by Gasteiger charge is -2.24. The van der Waals surface area contributed by atoms with Crippen LogP contribution >= 0.6 is 11.3 Å². The quantitative estimate of drug-likeness (QED) is 0.706. The molecule has 2 nitrogen and oxygen atoms in total. The molecule has 1 rings (SSSR count). The average Bonchev–Trinajstić information content (AvgIpc) is 2.37. The van der Waals surface area contributed by atoms with Gasteiger partial charge in [0.05, 0.1) is 6.10 Å². The Morgan fingerprint density at radius 3 is 2.64 bits per heavy atom. The van der Waals surface area contributed by atoms with E-state index < -0.39 is 11.7 Å². The molecule has 11 heavy (non-hydrogen) atoms. The zero-order valence-corrected chi connectivity index (χ0v) is 7.43. The number of aliphatic hydroxyl groups is 2. The van der Waals surface area contributed by atoms with Gasteiger partial charge in [-0.15, -0.1) is 11.3 Å².